The maximum atomic E-state index is 13.0. The van der Waals surface area contributed by atoms with Gasteiger partial charge in [-0.3, -0.25) is 9.69 Å². The Kier molecular flexibility index (Phi) is 7.13. The molecule has 0 aliphatic carbocycles. The van der Waals surface area contributed by atoms with Crippen LogP contribution in [0.3, 0.4) is 0 Å². The number of carbonyl (C=O) groups excluding carboxylic acids is 2. The summed E-state index contributed by atoms with van der Waals surface area (Å²) in [4.78, 5) is 26.7. The van der Waals surface area contributed by atoms with Gasteiger partial charge >= 0.3 is 5.97 Å². The summed E-state index contributed by atoms with van der Waals surface area (Å²) < 4.78 is 10.5. The van der Waals surface area contributed by atoms with Gasteiger partial charge in [-0.05, 0) is 49.9 Å². The van der Waals surface area contributed by atoms with E-state index < -0.39 is 12.0 Å². The highest BCUT2D eigenvalue weighted by Gasteiger charge is 2.30. The Hall–Kier alpha value is -2.66. The topological polar surface area (TPSA) is 55.8 Å². The monoisotopic (exact) mass is 369 g/mol. The van der Waals surface area contributed by atoms with Crippen LogP contribution in [0.25, 0.3) is 0 Å². The molecular weight excluding hydrogens is 342 g/mol. The van der Waals surface area contributed by atoms with E-state index in [0.29, 0.717) is 6.61 Å². The number of carbonyl (C=O) groups is 2. The van der Waals surface area contributed by atoms with E-state index in [1.54, 1.807) is 6.92 Å². The lowest BCUT2D eigenvalue weighted by molar-refractivity contribution is -0.143. The van der Waals surface area contributed by atoms with E-state index in [9.17, 15) is 9.59 Å². The zero-order valence-corrected chi connectivity index (χ0v) is 16.6. The van der Waals surface area contributed by atoms with Crippen LogP contribution in [-0.2, 0) is 25.7 Å². The summed E-state index contributed by atoms with van der Waals surface area (Å²) in [6.07, 6.45) is 0. The van der Waals surface area contributed by atoms with Crippen LogP contribution in [-0.4, -0.2) is 31.6 Å². The average Bonchev–Trinajstić information content (AvgIpc) is 2.67. The fraction of sp³-hybridized carbons (Fsp3) is 0.364. The van der Waals surface area contributed by atoms with Gasteiger partial charge in [-0.2, -0.15) is 0 Å². The number of hydrogen-bond acceptors (Lipinski definition) is 4. The quantitative estimate of drug-likeness (QED) is 0.698. The Labute approximate surface area is 160 Å². The Morgan fingerprint density at radius 1 is 1.00 bits per heavy atom. The lowest BCUT2D eigenvalue weighted by atomic mass is 10.0. The molecule has 0 aliphatic rings. The molecule has 5 nitrogen and oxygen atoms in total. The van der Waals surface area contributed by atoms with Gasteiger partial charge in [0.2, 0.25) is 0 Å². The molecule has 5 heteroatoms. The molecule has 0 bridgehead atoms. The third-order valence-electron chi connectivity index (χ3n) is 4.68. The Morgan fingerprint density at radius 2 is 1.63 bits per heavy atom. The first-order valence-corrected chi connectivity index (χ1v) is 8.95. The predicted octanol–water partition coefficient (Wildman–Crippen LogP) is 3.72. The minimum atomic E-state index is -0.748. The number of nitrogens with zero attached hydrogens (tertiary/aromatic N) is 1. The van der Waals surface area contributed by atoms with Gasteiger partial charge in [-0.25, -0.2) is 4.79 Å². The van der Waals surface area contributed by atoms with E-state index in [1.165, 1.54) is 12.0 Å². The Balaban J connectivity index is 2.26. The molecule has 1 unspecified atom stereocenters. The molecule has 27 heavy (non-hydrogen) atoms. The fourth-order valence-corrected chi connectivity index (χ4v) is 3.02. The van der Waals surface area contributed by atoms with Crippen molar-refractivity contribution in [3.8, 4) is 0 Å². The number of hydrogen-bond donors (Lipinski definition) is 0. The van der Waals surface area contributed by atoms with Crippen molar-refractivity contribution in [2.75, 3.05) is 18.6 Å². The van der Waals surface area contributed by atoms with Gasteiger partial charge in [0.05, 0.1) is 19.4 Å². The second-order valence-corrected chi connectivity index (χ2v) is 6.61. The van der Waals surface area contributed by atoms with Crippen LogP contribution < -0.4 is 4.90 Å². The van der Waals surface area contributed by atoms with Gasteiger partial charge in [0.15, 0.2) is 0 Å². The standard InChI is InChI=1S/C22H27NO4/c1-15-11-12-16(2)21(17(15)3)23(18(4)22(25)26-5)20(24)14-27-13-19-9-7-6-8-10-19/h6-12,18H,13-14H2,1-5H3. The molecule has 0 heterocycles. The zero-order chi connectivity index (χ0) is 20.0. The van der Waals surface area contributed by atoms with Crippen LogP contribution in [0.5, 0.6) is 0 Å². The normalized spacial score (nSPS) is 11.7. The zero-order valence-electron chi connectivity index (χ0n) is 16.6. The molecule has 2 aromatic carbocycles. The molecule has 144 valence electrons. The minimum absolute atomic E-state index is 0.122. The number of esters is 1. The van der Waals surface area contributed by atoms with E-state index in [2.05, 4.69) is 0 Å². The smallest absolute Gasteiger partial charge is 0.328 e. The number of benzene rings is 2. The summed E-state index contributed by atoms with van der Waals surface area (Å²) >= 11 is 0. The molecule has 0 aromatic heterocycles. The molecule has 1 amide bonds. The average molecular weight is 369 g/mol. The summed E-state index contributed by atoms with van der Waals surface area (Å²) in [5, 5.41) is 0. The van der Waals surface area contributed by atoms with E-state index in [0.717, 1.165) is 27.9 Å². The van der Waals surface area contributed by atoms with Gasteiger partial charge in [-0.15, -0.1) is 0 Å². The predicted molar refractivity (Wildman–Crippen MR) is 106 cm³/mol. The first-order valence-electron chi connectivity index (χ1n) is 8.95. The van der Waals surface area contributed by atoms with Crippen LogP contribution in [0.1, 0.15) is 29.2 Å². The first-order chi connectivity index (χ1) is 12.9. The number of amides is 1. The van der Waals surface area contributed by atoms with Crippen molar-refractivity contribution >= 4 is 17.6 Å². The highest BCUT2D eigenvalue weighted by atomic mass is 16.5. The lowest BCUT2D eigenvalue weighted by Crippen LogP contribution is -2.46. The second kappa shape index (κ2) is 9.33. The molecule has 0 spiro atoms. The Bertz CT molecular complexity index is 801. The van der Waals surface area contributed by atoms with Crippen molar-refractivity contribution in [1.82, 2.24) is 0 Å². The molecule has 2 rings (SSSR count). The van der Waals surface area contributed by atoms with Gasteiger partial charge in [0, 0.05) is 0 Å². The number of rotatable bonds is 7. The first kappa shape index (κ1) is 20.6. The summed E-state index contributed by atoms with van der Waals surface area (Å²) in [5.41, 5.74) is 4.66. The highest BCUT2D eigenvalue weighted by molar-refractivity contribution is 6.01. The van der Waals surface area contributed by atoms with Crippen molar-refractivity contribution < 1.29 is 19.1 Å². The maximum absolute atomic E-state index is 13.0. The fourth-order valence-electron chi connectivity index (χ4n) is 3.02. The summed E-state index contributed by atoms with van der Waals surface area (Å²) in [7, 11) is 1.32. The summed E-state index contributed by atoms with van der Waals surface area (Å²) in [6, 6.07) is 12.9. The minimum Gasteiger partial charge on any atom is -0.467 e. The summed E-state index contributed by atoms with van der Waals surface area (Å²) in [6.45, 7) is 7.74. The van der Waals surface area contributed by atoms with Crippen LogP contribution in [0, 0.1) is 20.8 Å². The van der Waals surface area contributed by atoms with E-state index in [4.69, 9.17) is 9.47 Å². The third kappa shape index (κ3) is 4.95. The maximum Gasteiger partial charge on any atom is 0.328 e. The molecule has 0 N–H and O–H groups in total. The van der Waals surface area contributed by atoms with E-state index >= 15 is 0 Å². The number of aryl methyl sites for hydroxylation is 2. The van der Waals surface area contributed by atoms with Crippen LogP contribution in [0.15, 0.2) is 42.5 Å². The number of ether oxygens (including phenoxy) is 2. The van der Waals surface area contributed by atoms with Crippen molar-refractivity contribution in [3.63, 3.8) is 0 Å². The van der Waals surface area contributed by atoms with Crippen molar-refractivity contribution in [2.24, 2.45) is 0 Å². The van der Waals surface area contributed by atoms with Gasteiger partial charge in [-0.1, -0.05) is 42.5 Å². The molecule has 0 radical (unpaired) electrons. The molecular formula is C22H27NO4. The van der Waals surface area contributed by atoms with Crippen LogP contribution >= 0.6 is 0 Å². The van der Waals surface area contributed by atoms with Gasteiger partial charge < -0.3 is 9.47 Å². The van der Waals surface area contributed by atoms with E-state index in [1.807, 2.05) is 63.2 Å². The molecule has 0 saturated carbocycles. The number of anilines is 1. The molecule has 0 fully saturated rings. The SMILES string of the molecule is COC(=O)C(C)N(C(=O)COCc1ccccc1)c1c(C)ccc(C)c1C. The summed E-state index contributed by atoms with van der Waals surface area (Å²) in [5.74, 6) is -0.743. The molecule has 0 saturated heterocycles. The molecule has 2 aromatic rings. The third-order valence-corrected chi connectivity index (χ3v) is 4.68. The highest BCUT2D eigenvalue weighted by Crippen LogP contribution is 2.29. The van der Waals surface area contributed by atoms with Crippen LogP contribution in [0.4, 0.5) is 5.69 Å². The van der Waals surface area contributed by atoms with Crippen molar-refractivity contribution in [2.45, 2.75) is 40.3 Å². The number of methoxy groups -OCH3 is 1. The second-order valence-electron chi connectivity index (χ2n) is 6.61. The van der Waals surface area contributed by atoms with Gasteiger partial charge in [0.25, 0.3) is 5.91 Å². The Morgan fingerprint density at radius 3 is 2.26 bits per heavy atom. The van der Waals surface area contributed by atoms with Gasteiger partial charge in [0.1, 0.15) is 12.6 Å². The van der Waals surface area contributed by atoms with E-state index in [-0.39, 0.29) is 12.5 Å². The largest absolute Gasteiger partial charge is 0.467 e. The van der Waals surface area contributed by atoms with Crippen molar-refractivity contribution in [1.29, 1.82) is 0 Å². The van der Waals surface area contributed by atoms with Crippen LogP contribution in [0.2, 0.25) is 0 Å². The lowest BCUT2D eigenvalue weighted by Gasteiger charge is -2.31. The molecule has 0 aliphatic heterocycles. The molecule has 1 atom stereocenters. The van der Waals surface area contributed by atoms with Crippen molar-refractivity contribution in [3.05, 3.63) is 64.7 Å².